The van der Waals surface area contributed by atoms with E-state index in [4.69, 9.17) is 26.2 Å². The van der Waals surface area contributed by atoms with Crippen molar-refractivity contribution < 1.29 is 38.6 Å². The molecule has 2 aliphatic carbocycles. The Hall–Kier alpha value is -4.59. The first-order valence-corrected chi connectivity index (χ1v) is 18.1. The molecule has 12 nitrogen and oxygen atoms in total. The molecule has 5 heterocycles. The van der Waals surface area contributed by atoms with Crippen LogP contribution in [0, 0.1) is 36.0 Å². The number of allylic oxidation sites excluding steroid dienone is 2. The van der Waals surface area contributed by atoms with E-state index >= 15 is 0 Å². The maximum Gasteiger partial charge on any atom is 0.303 e. The number of carboxylic acid groups (broad SMARTS) is 1. The number of furan rings is 1. The normalized spacial score (nSPS) is 27.3. The van der Waals surface area contributed by atoms with E-state index < -0.39 is 52.8 Å². The molecule has 8 rings (SSSR count). The van der Waals surface area contributed by atoms with Crippen molar-refractivity contribution in [3.05, 3.63) is 70.2 Å². The summed E-state index contributed by atoms with van der Waals surface area (Å²) in [5, 5.41) is 25.4. The number of aliphatic hydroxyl groups is 1. The van der Waals surface area contributed by atoms with Crippen LogP contribution in [0.1, 0.15) is 55.6 Å². The van der Waals surface area contributed by atoms with Crippen LogP contribution >= 0.6 is 22.9 Å². The number of amides is 4. The van der Waals surface area contributed by atoms with Crippen LogP contribution in [0.3, 0.4) is 0 Å². The molecule has 264 valence electrons. The van der Waals surface area contributed by atoms with Gasteiger partial charge in [-0.25, -0.2) is 4.90 Å². The monoisotopic (exact) mass is 730 g/mol. The molecule has 0 unspecified atom stereocenters. The van der Waals surface area contributed by atoms with Crippen LogP contribution in [0.15, 0.2) is 52.5 Å². The lowest BCUT2D eigenvalue weighted by molar-refractivity contribution is -0.142. The van der Waals surface area contributed by atoms with Crippen molar-refractivity contribution in [1.29, 1.82) is 0 Å². The lowest BCUT2D eigenvalue weighted by atomic mass is 9.52. The summed E-state index contributed by atoms with van der Waals surface area (Å²) in [5.41, 5.74) is 1.03. The van der Waals surface area contributed by atoms with Crippen LogP contribution in [0.2, 0.25) is 5.02 Å². The summed E-state index contributed by atoms with van der Waals surface area (Å²) in [4.78, 5) is 71.5. The van der Waals surface area contributed by atoms with Crippen LogP contribution in [0.4, 0.5) is 5.82 Å². The van der Waals surface area contributed by atoms with E-state index in [1.165, 1.54) is 14.5 Å². The number of hydrogen-bond acceptors (Lipinski definition) is 9. The van der Waals surface area contributed by atoms with Crippen molar-refractivity contribution in [2.75, 3.05) is 11.4 Å². The number of nitrogens with zero attached hydrogens (tertiary/aromatic N) is 4. The molecule has 4 aromatic rings. The highest BCUT2D eigenvalue weighted by molar-refractivity contribution is 7.22. The summed E-state index contributed by atoms with van der Waals surface area (Å²) < 4.78 is 8.66. The molecule has 1 aromatic carbocycles. The van der Waals surface area contributed by atoms with E-state index in [-0.39, 0.29) is 50.6 Å². The lowest BCUT2D eigenvalue weighted by Crippen LogP contribution is -2.48. The van der Waals surface area contributed by atoms with Gasteiger partial charge in [0.05, 0.1) is 34.0 Å². The van der Waals surface area contributed by atoms with Gasteiger partial charge in [-0.3, -0.25) is 33.6 Å². The lowest BCUT2D eigenvalue weighted by Gasteiger charge is -2.48. The van der Waals surface area contributed by atoms with Gasteiger partial charge in [-0.15, -0.1) is 11.3 Å². The highest BCUT2D eigenvalue weighted by Gasteiger charge is 2.68. The van der Waals surface area contributed by atoms with Crippen molar-refractivity contribution in [1.82, 2.24) is 14.7 Å². The second kappa shape index (κ2) is 12.0. The number of fused-ring (bicyclic) bond motifs is 5. The van der Waals surface area contributed by atoms with E-state index in [0.717, 1.165) is 26.1 Å². The number of aliphatic carboxylic acids is 1. The van der Waals surface area contributed by atoms with Gasteiger partial charge in [-0.05, 0) is 80.3 Å². The molecule has 0 spiro atoms. The van der Waals surface area contributed by atoms with Crippen molar-refractivity contribution in [3.63, 3.8) is 0 Å². The Bertz CT molecular complexity index is 2220. The highest BCUT2D eigenvalue weighted by atomic mass is 35.5. The van der Waals surface area contributed by atoms with Crippen LogP contribution in [0.25, 0.3) is 20.7 Å². The second-order valence-corrected chi connectivity index (χ2v) is 15.6. The first-order valence-electron chi connectivity index (χ1n) is 16.9. The molecule has 1 saturated carbocycles. The topological polar surface area (TPSA) is 163 Å². The Labute approximate surface area is 301 Å². The standard InChI is InChI=1S/C37H35ClN4O8S/c1-17-22-13-18(38)6-11-27(22)51-32(17)25-15-28(40(3)39-25)42-34(47)24-14-23-20(31(37(24,2)36(42)49)26-10-7-19(16-43)50-26)8-9-21-30(23)35(48)41(33(21)46)12-4-5-29(44)45/h6-8,10-11,13,15,21,23-24,30-31,43H,4-5,9,12,14,16H2,1-3H3,(H,44,45)/t21-,23+,24-,30-,31+,37+/m0/s1. The molecule has 0 radical (unpaired) electrons. The van der Waals surface area contributed by atoms with Crippen LogP contribution < -0.4 is 4.90 Å². The molecule has 2 aliphatic heterocycles. The number of imide groups is 2. The average Bonchev–Trinajstić information content (AvgIpc) is 3.89. The smallest absolute Gasteiger partial charge is 0.303 e. The zero-order chi connectivity index (χ0) is 36.1. The number of hydrogen-bond donors (Lipinski definition) is 2. The van der Waals surface area contributed by atoms with Gasteiger partial charge in [0.1, 0.15) is 29.6 Å². The fourth-order valence-electron chi connectivity index (χ4n) is 9.06. The maximum atomic E-state index is 14.9. The van der Waals surface area contributed by atoms with E-state index in [0.29, 0.717) is 28.1 Å². The first kappa shape index (κ1) is 33.5. The number of anilines is 1. The van der Waals surface area contributed by atoms with Gasteiger partial charge in [0.15, 0.2) is 0 Å². The summed E-state index contributed by atoms with van der Waals surface area (Å²) in [6, 6.07) is 10.8. The van der Waals surface area contributed by atoms with Crippen LogP contribution in [0.5, 0.6) is 0 Å². The fraction of sp³-hybridized carbons (Fsp3) is 0.405. The third-order valence-electron chi connectivity index (χ3n) is 11.5. The predicted molar refractivity (Wildman–Crippen MR) is 187 cm³/mol. The molecule has 4 amide bonds. The van der Waals surface area contributed by atoms with Crippen molar-refractivity contribution in [2.45, 2.75) is 52.1 Å². The molecule has 2 saturated heterocycles. The third-order valence-corrected chi connectivity index (χ3v) is 13.0. The summed E-state index contributed by atoms with van der Waals surface area (Å²) in [5.74, 6) is -5.15. The van der Waals surface area contributed by atoms with Crippen molar-refractivity contribution in [3.8, 4) is 10.6 Å². The molecule has 4 aliphatic rings. The summed E-state index contributed by atoms with van der Waals surface area (Å²) in [6.45, 7) is 3.39. The number of rotatable bonds is 8. The molecule has 0 bridgehead atoms. The quantitative estimate of drug-likeness (QED) is 0.177. The molecule has 2 N–H and O–H groups in total. The number of halogens is 1. The Kier molecular flexibility index (Phi) is 7.89. The molecular formula is C37H35ClN4O8S. The predicted octanol–water partition coefficient (Wildman–Crippen LogP) is 5.44. The van der Waals surface area contributed by atoms with Crippen molar-refractivity contribution >= 4 is 68.4 Å². The molecule has 51 heavy (non-hydrogen) atoms. The van der Waals surface area contributed by atoms with Gasteiger partial charge in [-0.2, -0.15) is 5.10 Å². The van der Waals surface area contributed by atoms with E-state index in [1.807, 2.05) is 31.2 Å². The van der Waals surface area contributed by atoms with Gasteiger partial charge in [0.25, 0.3) is 0 Å². The van der Waals surface area contributed by atoms with Gasteiger partial charge in [0.2, 0.25) is 23.6 Å². The Morgan fingerprint density at radius 3 is 2.61 bits per heavy atom. The second-order valence-electron chi connectivity index (χ2n) is 14.2. The Balaban J connectivity index is 1.20. The number of likely N-dealkylation sites (tertiary alicyclic amines) is 1. The van der Waals surface area contributed by atoms with Gasteiger partial charge >= 0.3 is 5.97 Å². The number of carbonyl (C=O) groups excluding carboxylic acids is 4. The number of aliphatic hydroxyl groups excluding tert-OH is 1. The molecular weight excluding hydrogens is 696 g/mol. The number of aryl methyl sites for hydroxylation is 2. The molecule has 3 fully saturated rings. The number of carbonyl (C=O) groups is 5. The minimum Gasteiger partial charge on any atom is -0.481 e. The molecule has 14 heteroatoms. The fourth-order valence-corrected chi connectivity index (χ4v) is 10.4. The molecule has 3 aromatic heterocycles. The minimum absolute atomic E-state index is 0.00195. The maximum absolute atomic E-state index is 14.9. The van der Waals surface area contributed by atoms with Gasteiger partial charge < -0.3 is 14.6 Å². The summed E-state index contributed by atoms with van der Waals surface area (Å²) >= 11 is 7.83. The zero-order valence-corrected chi connectivity index (χ0v) is 29.7. The molecule has 6 atom stereocenters. The van der Waals surface area contributed by atoms with E-state index in [2.05, 4.69) is 0 Å². The first-order chi connectivity index (χ1) is 24.3. The SMILES string of the molecule is Cc1c(-c2cc(N3C(=O)[C@@H]4C[C@@H]5C(=CC[C@@H]6C(=O)N(CCCC(=O)O)C(=O)[C@@H]65)[C@H](c5ccc(CO)o5)[C@]4(C)C3=O)n(C)n2)sc2ccc(Cl)cc12. The van der Waals surface area contributed by atoms with E-state index in [1.54, 1.807) is 43.5 Å². The zero-order valence-electron chi connectivity index (χ0n) is 28.1. The summed E-state index contributed by atoms with van der Waals surface area (Å²) in [6.07, 6.45) is 2.31. The summed E-state index contributed by atoms with van der Waals surface area (Å²) in [7, 11) is 1.69. The minimum atomic E-state index is -1.32. The Morgan fingerprint density at radius 2 is 1.88 bits per heavy atom. The van der Waals surface area contributed by atoms with E-state index in [9.17, 15) is 29.1 Å². The van der Waals surface area contributed by atoms with Gasteiger partial charge in [0, 0.05) is 35.8 Å². The van der Waals surface area contributed by atoms with Crippen molar-refractivity contribution in [2.24, 2.45) is 36.1 Å². The Morgan fingerprint density at radius 1 is 1.10 bits per heavy atom. The number of thiophene rings is 1. The number of benzene rings is 1. The number of carboxylic acids is 1. The number of aromatic nitrogens is 2. The van der Waals surface area contributed by atoms with Crippen LogP contribution in [-0.4, -0.2) is 61.0 Å². The third kappa shape index (κ3) is 4.88. The van der Waals surface area contributed by atoms with Gasteiger partial charge in [-0.1, -0.05) is 23.3 Å². The highest BCUT2D eigenvalue weighted by Crippen LogP contribution is 2.63. The average molecular weight is 731 g/mol. The van der Waals surface area contributed by atoms with Crippen LogP contribution in [-0.2, 0) is 37.6 Å². The largest absolute Gasteiger partial charge is 0.481 e.